The Kier molecular flexibility index (Phi) is 7.73. The smallest absolute Gasteiger partial charge is 0.217 e. The molecule has 0 radical (unpaired) electrons. The number of carbonyl (C=O) groups excluding carboxylic acids is 1. The molecule has 2 aromatic rings. The lowest BCUT2D eigenvalue weighted by molar-refractivity contribution is -0.119. The van der Waals surface area contributed by atoms with Crippen LogP contribution in [0.2, 0.25) is 0 Å². The van der Waals surface area contributed by atoms with Crippen molar-refractivity contribution in [2.75, 3.05) is 11.4 Å². The summed E-state index contributed by atoms with van der Waals surface area (Å²) in [5.74, 6) is -0.0704. The van der Waals surface area contributed by atoms with Crippen LogP contribution < -0.4 is 15.4 Å². The fourth-order valence-corrected chi connectivity index (χ4v) is 5.88. The average molecular weight is 481 g/mol. The Labute approximate surface area is 210 Å². The highest BCUT2D eigenvalue weighted by atomic mass is 19.1. The molecule has 4 nitrogen and oxygen atoms in total. The predicted molar refractivity (Wildman–Crippen MR) is 140 cm³/mol. The van der Waals surface area contributed by atoms with Gasteiger partial charge in [0.2, 0.25) is 5.91 Å². The first kappa shape index (κ1) is 25.5. The van der Waals surface area contributed by atoms with E-state index in [1.807, 2.05) is 6.07 Å². The van der Waals surface area contributed by atoms with E-state index in [9.17, 15) is 4.79 Å². The Bertz CT molecular complexity index is 1050. The number of carbonyl (C=O) groups is 1. The van der Waals surface area contributed by atoms with Gasteiger partial charge in [0.25, 0.3) is 0 Å². The van der Waals surface area contributed by atoms with Gasteiger partial charge in [-0.15, -0.1) is 0 Å². The number of amides is 1. The number of nitrogens with zero attached hydrogens (tertiary/aromatic N) is 1. The van der Waals surface area contributed by atoms with E-state index in [2.05, 4.69) is 44.7 Å². The molecular formula is C30H41FN2O2. The second-order valence-corrected chi connectivity index (χ2v) is 11.5. The molecule has 35 heavy (non-hydrogen) atoms. The molecule has 0 spiro atoms. The molecule has 2 aromatic carbocycles. The summed E-state index contributed by atoms with van der Waals surface area (Å²) in [7, 11) is 0. The second kappa shape index (κ2) is 10.6. The molecule has 0 saturated heterocycles. The van der Waals surface area contributed by atoms with E-state index in [-0.39, 0.29) is 23.2 Å². The molecule has 0 aromatic heterocycles. The van der Waals surface area contributed by atoms with Gasteiger partial charge in [0.05, 0.1) is 6.10 Å². The fraction of sp³-hybridized carbons (Fsp3) is 0.567. The molecule has 1 fully saturated rings. The van der Waals surface area contributed by atoms with Gasteiger partial charge in [-0.25, -0.2) is 4.39 Å². The van der Waals surface area contributed by atoms with Crippen LogP contribution in [0.25, 0.3) is 0 Å². The topological polar surface area (TPSA) is 55.6 Å². The standard InChI is InChI=1S/C30H41FN2O2/c1-20-13-24(14-21(2)26(20)17-30(3,4)18-29(32)34)33-12-8-9-22-16-28(27(31)15-23(22)19-33)35-25-10-6-5-7-11-25/h13-16,25H,5-12,17-19H2,1-4H3,(H2,32,34). The van der Waals surface area contributed by atoms with E-state index in [0.717, 1.165) is 44.2 Å². The molecule has 2 aliphatic rings. The molecule has 1 aliphatic heterocycles. The van der Waals surface area contributed by atoms with Crippen molar-refractivity contribution in [1.29, 1.82) is 0 Å². The summed E-state index contributed by atoms with van der Waals surface area (Å²) in [6.45, 7) is 10.1. The number of halogens is 1. The molecular weight excluding hydrogens is 439 g/mol. The first-order valence-corrected chi connectivity index (χ1v) is 13.2. The predicted octanol–water partition coefficient (Wildman–Crippen LogP) is 6.55. The van der Waals surface area contributed by atoms with Gasteiger partial charge >= 0.3 is 0 Å². The Hall–Kier alpha value is -2.56. The summed E-state index contributed by atoms with van der Waals surface area (Å²) >= 11 is 0. The quantitative estimate of drug-likeness (QED) is 0.489. The number of benzene rings is 2. The number of ether oxygens (including phenoxy) is 1. The van der Waals surface area contributed by atoms with Gasteiger partial charge in [-0.2, -0.15) is 0 Å². The van der Waals surface area contributed by atoms with Crippen LogP contribution in [0, 0.1) is 25.1 Å². The van der Waals surface area contributed by atoms with Crippen molar-refractivity contribution in [3.05, 3.63) is 57.9 Å². The first-order valence-electron chi connectivity index (χ1n) is 13.2. The lowest BCUT2D eigenvalue weighted by atomic mass is 9.80. The molecule has 2 N–H and O–H groups in total. The van der Waals surface area contributed by atoms with E-state index < -0.39 is 0 Å². The molecule has 4 rings (SSSR count). The molecule has 0 bridgehead atoms. The summed E-state index contributed by atoms with van der Waals surface area (Å²) in [5, 5.41) is 0. The maximum atomic E-state index is 15.0. The third-order valence-electron chi connectivity index (χ3n) is 7.69. The number of anilines is 1. The van der Waals surface area contributed by atoms with Crippen LogP contribution in [0.5, 0.6) is 5.75 Å². The Balaban J connectivity index is 1.53. The molecule has 0 unspecified atom stereocenters. The molecule has 1 heterocycles. The van der Waals surface area contributed by atoms with Gasteiger partial charge in [0, 0.05) is 25.2 Å². The first-order chi connectivity index (χ1) is 16.6. The van der Waals surface area contributed by atoms with E-state index in [4.69, 9.17) is 10.5 Å². The van der Waals surface area contributed by atoms with Crippen molar-refractivity contribution >= 4 is 11.6 Å². The lowest BCUT2D eigenvalue weighted by Gasteiger charge is -2.28. The maximum Gasteiger partial charge on any atom is 0.217 e. The lowest BCUT2D eigenvalue weighted by Crippen LogP contribution is -2.26. The minimum atomic E-state index is -0.260. The molecule has 1 aliphatic carbocycles. The van der Waals surface area contributed by atoms with Gasteiger partial charge in [0.15, 0.2) is 11.6 Å². The van der Waals surface area contributed by atoms with Crippen molar-refractivity contribution < 1.29 is 13.9 Å². The highest BCUT2D eigenvalue weighted by Crippen LogP contribution is 2.34. The number of hydrogen-bond acceptors (Lipinski definition) is 3. The highest BCUT2D eigenvalue weighted by molar-refractivity contribution is 5.74. The van der Waals surface area contributed by atoms with Crippen LogP contribution in [0.3, 0.4) is 0 Å². The SMILES string of the molecule is Cc1cc(N2CCCc3cc(OC4CCCCC4)c(F)cc3C2)cc(C)c1CC(C)(C)CC(N)=O. The van der Waals surface area contributed by atoms with Crippen LogP contribution in [-0.2, 0) is 24.2 Å². The number of aryl methyl sites for hydroxylation is 3. The van der Waals surface area contributed by atoms with E-state index in [1.165, 1.54) is 47.2 Å². The van der Waals surface area contributed by atoms with Gasteiger partial charge in [-0.05, 0) is 116 Å². The van der Waals surface area contributed by atoms with Crippen LogP contribution in [0.4, 0.5) is 10.1 Å². The summed E-state index contributed by atoms with van der Waals surface area (Å²) in [4.78, 5) is 13.9. The summed E-state index contributed by atoms with van der Waals surface area (Å²) in [6, 6.07) is 8.14. The Morgan fingerprint density at radius 1 is 1.06 bits per heavy atom. The number of rotatable bonds is 7. The second-order valence-electron chi connectivity index (χ2n) is 11.5. The minimum Gasteiger partial charge on any atom is -0.487 e. The van der Waals surface area contributed by atoms with Crippen LogP contribution in [0.1, 0.15) is 86.6 Å². The van der Waals surface area contributed by atoms with Crippen molar-refractivity contribution in [3.63, 3.8) is 0 Å². The van der Waals surface area contributed by atoms with E-state index >= 15 is 4.39 Å². The average Bonchev–Trinajstić information content (AvgIpc) is 2.98. The van der Waals surface area contributed by atoms with Crippen molar-refractivity contribution in [2.45, 2.75) is 98.1 Å². The molecule has 1 amide bonds. The van der Waals surface area contributed by atoms with E-state index in [0.29, 0.717) is 18.7 Å². The number of primary amides is 1. The zero-order chi connectivity index (χ0) is 25.2. The van der Waals surface area contributed by atoms with Crippen LogP contribution >= 0.6 is 0 Å². The number of fused-ring (bicyclic) bond motifs is 1. The fourth-order valence-electron chi connectivity index (χ4n) is 5.88. The van der Waals surface area contributed by atoms with E-state index in [1.54, 1.807) is 6.07 Å². The molecule has 190 valence electrons. The summed E-state index contributed by atoms with van der Waals surface area (Å²) < 4.78 is 21.1. The maximum absolute atomic E-state index is 15.0. The van der Waals surface area contributed by atoms with Gasteiger partial charge in [-0.1, -0.05) is 20.3 Å². The zero-order valence-corrected chi connectivity index (χ0v) is 21.9. The number of nitrogens with two attached hydrogens (primary N) is 1. The Morgan fingerprint density at radius 3 is 2.40 bits per heavy atom. The molecule has 0 atom stereocenters. The van der Waals surface area contributed by atoms with Crippen molar-refractivity contribution in [3.8, 4) is 5.75 Å². The summed E-state index contributed by atoms with van der Waals surface area (Å²) in [6.07, 6.45) is 8.94. The third-order valence-corrected chi connectivity index (χ3v) is 7.69. The third kappa shape index (κ3) is 6.36. The van der Waals surface area contributed by atoms with Gasteiger partial charge in [0.1, 0.15) is 0 Å². The zero-order valence-electron chi connectivity index (χ0n) is 21.9. The summed E-state index contributed by atoms with van der Waals surface area (Å²) in [5.41, 5.74) is 12.5. The largest absolute Gasteiger partial charge is 0.487 e. The highest BCUT2D eigenvalue weighted by Gasteiger charge is 2.25. The van der Waals surface area contributed by atoms with Crippen molar-refractivity contribution in [1.82, 2.24) is 0 Å². The van der Waals surface area contributed by atoms with Gasteiger partial charge < -0.3 is 15.4 Å². The minimum absolute atomic E-state index is 0.149. The van der Waals surface area contributed by atoms with Crippen LogP contribution in [-0.4, -0.2) is 18.6 Å². The molecule has 5 heteroatoms. The molecule has 1 saturated carbocycles. The van der Waals surface area contributed by atoms with Gasteiger partial charge in [-0.3, -0.25) is 4.79 Å². The monoisotopic (exact) mass is 480 g/mol. The number of hydrogen-bond donors (Lipinski definition) is 1. The van der Waals surface area contributed by atoms with Crippen molar-refractivity contribution in [2.24, 2.45) is 11.1 Å². The Morgan fingerprint density at radius 2 is 1.74 bits per heavy atom. The van der Waals surface area contributed by atoms with Crippen LogP contribution in [0.15, 0.2) is 24.3 Å². The normalized spacial score (nSPS) is 17.1.